The zero-order valence-electron chi connectivity index (χ0n) is 8.71. The van der Waals surface area contributed by atoms with Crippen molar-refractivity contribution in [2.45, 2.75) is 0 Å². The molecule has 0 fully saturated rings. The van der Waals surface area contributed by atoms with Gasteiger partial charge >= 0.3 is 7.12 Å². The van der Waals surface area contributed by atoms with E-state index in [1.165, 1.54) is 0 Å². The number of anilines is 1. The Balaban J connectivity index is 1.92. The Morgan fingerprint density at radius 1 is 0.875 bits per heavy atom. The smallest absolute Gasteiger partial charge is 0.422 e. The minimum absolute atomic E-state index is 0.714. The van der Waals surface area contributed by atoms with Gasteiger partial charge in [0.15, 0.2) is 0 Å². The second-order valence-electron chi connectivity index (χ2n) is 3.35. The van der Waals surface area contributed by atoms with Gasteiger partial charge in [0.1, 0.15) is 0 Å². The Bertz CT molecular complexity index is 422. The van der Waals surface area contributed by atoms with Crippen molar-refractivity contribution in [1.82, 2.24) is 0 Å². The highest BCUT2D eigenvalue weighted by molar-refractivity contribution is 6.60. The Hall–Kier alpha value is -1.78. The van der Waals surface area contributed by atoms with Gasteiger partial charge in [-0.3, -0.25) is 10.2 Å². The van der Waals surface area contributed by atoms with Crippen LogP contribution in [-0.4, -0.2) is 12.1 Å². The van der Waals surface area contributed by atoms with E-state index >= 15 is 0 Å². The molecule has 0 aliphatic rings. The van der Waals surface area contributed by atoms with Gasteiger partial charge in [0.2, 0.25) is 0 Å². The third-order valence-corrected chi connectivity index (χ3v) is 2.15. The summed E-state index contributed by atoms with van der Waals surface area (Å²) in [6.45, 7) is 0. The fraction of sp³-hybridized carbons (Fsp3) is 0. The van der Waals surface area contributed by atoms with Gasteiger partial charge in [-0.1, -0.05) is 48.5 Å². The molecule has 0 saturated heterocycles. The Labute approximate surface area is 94.8 Å². The van der Waals surface area contributed by atoms with E-state index in [-0.39, 0.29) is 0 Å². The average Bonchev–Trinajstić information content (AvgIpc) is 2.38. The number of hydrogen-bond acceptors (Lipinski definition) is 3. The van der Waals surface area contributed by atoms with Crippen LogP contribution in [0, 0.1) is 0 Å². The third kappa shape index (κ3) is 2.86. The molecule has 0 spiro atoms. The highest BCUT2D eigenvalue weighted by Gasteiger charge is 2.15. The summed E-state index contributed by atoms with van der Waals surface area (Å²) >= 11 is 0. The van der Waals surface area contributed by atoms with Gasteiger partial charge in [-0.25, -0.2) is 0 Å². The maximum Gasteiger partial charge on any atom is 0.514 e. The normalized spacial score (nSPS) is 9.81. The van der Waals surface area contributed by atoms with Crippen LogP contribution in [0.15, 0.2) is 60.7 Å². The second kappa shape index (κ2) is 5.35. The van der Waals surface area contributed by atoms with E-state index in [4.69, 9.17) is 4.76 Å². The fourth-order valence-electron chi connectivity index (χ4n) is 1.32. The first-order chi connectivity index (χ1) is 7.86. The van der Waals surface area contributed by atoms with Crippen LogP contribution in [0.4, 0.5) is 5.69 Å². The molecule has 0 unspecified atom stereocenters. The average molecular weight is 213 g/mol. The van der Waals surface area contributed by atoms with E-state index in [0.717, 1.165) is 5.69 Å². The van der Waals surface area contributed by atoms with E-state index in [0.29, 0.717) is 5.46 Å². The molecule has 0 aromatic heterocycles. The number of benzene rings is 2. The van der Waals surface area contributed by atoms with Crippen molar-refractivity contribution in [1.29, 1.82) is 0 Å². The van der Waals surface area contributed by atoms with Crippen LogP contribution in [-0.2, 0) is 4.76 Å². The minimum Gasteiger partial charge on any atom is -0.422 e. The molecular weight excluding hydrogens is 201 g/mol. The molecular formula is C12H12BNO2. The Morgan fingerprint density at radius 3 is 2.06 bits per heavy atom. The minimum atomic E-state index is -0.971. The molecule has 0 atom stereocenters. The number of hydrogen-bond donors (Lipinski definition) is 2. The monoisotopic (exact) mass is 213 g/mol. The lowest BCUT2D eigenvalue weighted by Crippen LogP contribution is -2.35. The van der Waals surface area contributed by atoms with Crippen molar-refractivity contribution in [2.24, 2.45) is 0 Å². The highest BCUT2D eigenvalue weighted by atomic mass is 16.7. The molecule has 0 radical (unpaired) electrons. The molecule has 2 rings (SSSR count). The summed E-state index contributed by atoms with van der Waals surface area (Å²) in [5.74, 6) is 0. The Morgan fingerprint density at radius 2 is 1.44 bits per heavy atom. The summed E-state index contributed by atoms with van der Waals surface area (Å²) in [6.07, 6.45) is 0. The first kappa shape index (κ1) is 10.7. The maximum absolute atomic E-state index is 9.70. The van der Waals surface area contributed by atoms with Gasteiger partial charge < -0.3 is 5.02 Å². The first-order valence-corrected chi connectivity index (χ1v) is 5.06. The van der Waals surface area contributed by atoms with Crippen LogP contribution in [0.1, 0.15) is 0 Å². The van der Waals surface area contributed by atoms with Gasteiger partial charge in [0.25, 0.3) is 0 Å². The van der Waals surface area contributed by atoms with E-state index < -0.39 is 7.12 Å². The summed E-state index contributed by atoms with van der Waals surface area (Å²) in [5, 5.41) is 9.70. The molecule has 2 aromatic rings. The van der Waals surface area contributed by atoms with Crippen molar-refractivity contribution in [3.63, 3.8) is 0 Å². The quantitative estimate of drug-likeness (QED) is 0.596. The number of para-hydroxylation sites is 1. The largest absolute Gasteiger partial charge is 0.514 e. The van der Waals surface area contributed by atoms with Crippen molar-refractivity contribution in [2.75, 3.05) is 5.48 Å². The van der Waals surface area contributed by atoms with Crippen LogP contribution in [0.3, 0.4) is 0 Å². The van der Waals surface area contributed by atoms with Crippen molar-refractivity contribution >= 4 is 18.3 Å². The van der Waals surface area contributed by atoms with Gasteiger partial charge in [-0.15, -0.1) is 0 Å². The third-order valence-electron chi connectivity index (χ3n) is 2.15. The molecule has 0 aliphatic heterocycles. The summed E-state index contributed by atoms with van der Waals surface area (Å²) in [6, 6.07) is 18.6. The number of rotatable bonds is 4. The van der Waals surface area contributed by atoms with Gasteiger partial charge in [-0.05, 0) is 17.6 Å². The van der Waals surface area contributed by atoms with Gasteiger partial charge in [0, 0.05) is 0 Å². The van der Waals surface area contributed by atoms with Gasteiger partial charge in [0.05, 0.1) is 5.69 Å². The van der Waals surface area contributed by atoms with Crippen LogP contribution >= 0.6 is 0 Å². The summed E-state index contributed by atoms with van der Waals surface area (Å²) in [4.78, 5) is 0. The molecule has 2 aromatic carbocycles. The molecule has 0 bridgehead atoms. The standard InChI is InChI=1S/C12H12BNO2/c15-13(11-7-3-1-4-8-11)16-14-12-9-5-2-6-10-12/h1-10,14-15H. The van der Waals surface area contributed by atoms with E-state index in [9.17, 15) is 5.02 Å². The first-order valence-electron chi connectivity index (χ1n) is 5.06. The zero-order chi connectivity index (χ0) is 11.2. The number of nitrogens with one attached hydrogen (secondary N) is 1. The predicted octanol–water partition coefficient (Wildman–Crippen LogP) is 1.42. The van der Waals surface area contributed by atoms with Crippen LogP contribution < -0.4 is 10.9 Å². The topological polar surface area (TPSA) is 41.5 Å². The summed E-state index contributed by atoms with van der Waals surface area (Å²) in [7, 11) is -0.971. The lowest BCUT2D eigenvalue weighted by atomic mass is 9.80. The lowest BCUT2D eigenvalue weighted by Gasteiger charge is -2.09. The molecule has 4 heteroatoms. The van der Waals surface area contributed by atoms with E-state index in [1.54, 1.807) is 12.1 Å². The van der Waals surface area contributed by atoms with Crippen LogP contribution in [0.25, 0.3) is 0 Å². The van der Waals surface area contributed by atoms with Crippen LogP contribution in [0.5, 0.6) is 0 Å². The van der Waals surface area contributed by atoms with Crippen molar-refractivity contribution in [3.8, 4) is 0 Å². The molecule has 80 valence electrons. The summed E-state index contributed by atoms with van der Waals surface area (Å²) < 4.78 is 5.12. The molecule has 16 heavy (non-hydrogen) atoms. The highest BCUT2D eigenvalue weighted by Crippen LogP contribution is 2.04. The molecule has 3 nitrogen and oxygen atoms in total. The SMILES string of the molecule is OB(ONc1ccccc1)c1ccccc1. The zero-order valence-corrected chi connectivity index (χ0v) is 8.71. The van der Waals surface area contributed by atoms with Gasteiger partial charge in [-0.2, -0.15) is 0 Å². The van der Waals surface area contributed by atoms with E-state index in [1.807, 2.05) is 48.5 Å². The second-order valence-corrected chi connectivity index (χ2v) is 3.35. The molecule has 2 N–H and O–H groups in total. The predicted molar refractivity (Wildman–Crippen MR) is 65.2 cm³/mol. The fourth-order valence-corrected chi connectivity index (χ4v) is 1.32. The summed E-state index contributed by atoms with van der Waals surface area (Å²) in [5.41, 5.74) is 4.21. The van der Waals surface area contributed by atoms with Crippen molar-refractivity contribution in [3.05, 3.63) is 60.7 Å². The maximum atomic E-state index is 9.70. The lowest BCUT2D eigenvalue weighted by molar-refractivity contribution is 0.335. The molecule has 0 aliphatic carbocycles. The molecule has 0 saturated carbocycles. The molecule has 0 amide bonds. The van der Waals surface area contributed by atoms with E-state index in [2.05, 4.69) is 5.48 Å². The van der Waals surface area contributed by atoms with Crippen molar-refractivity contribution < 1.29 is 9.78 Å². The Kier molecular flexibility index (Phi) is 3.59. The molecule has 0 heterocycles. The van der Waals surface area contributed by atoms with Crippen LogP contribution in [0.2, 0.25) is 0 Å².